The van der Waals surface area contributed by atoms with Gasteiger partial charge in [-0.05, 0) is 52.7 Å². The minimum atomic E-state index is -0.142. The Labute approximate surface area is 120 Å². The maximum absolute atomic E-state index is 12.1. The average Bonchev–Trinajstić information content (AvgIpc) is 2.42. The number of rotatable bonds is 3. The second kappa shape index (κ2) is 5.84. The number of hydrogen-bond donors (Lipinski definition) is 2. The Bertz CT molecular complexity index is 586. The highest BCUT2D eigenvalue weighted by molar-refractivity contribution is 9.10. The lowest BCUT2D eigenvalue weighted by Gasteiger charge is -2.14. The predicted molar refractivity (Wildman–Crippen MR) is 78.7 cm³/mol. The molecule has 19 heavy (non-hydrogen) atoms. The van der Waals surface area contributed by atoms with E-state index in [1.54, 1.807) is 30.6 Å². The van der Waals surface area contributed by atoms with Gasteiger partial charge in [-0.25, -0.2) is 0 Å². The van der Waals surface area contributed by atoms with Crippen LogP contribution >= 0.6 is 15.9 Å². The molecule has 0 bridgehead atoms. The molecule has 0 aliphatic heterocycles. The number of aromatic nitrogens is 1. The molecule has 98 valence electrons. The molecule has 2 aromatic rings. The fourth-order valence-electron chi connectivity index (χ4n) is 1.66. The van der Waals surface area contributed by atoms with Gasteiger partial charge < -0.3 is 11.1 Å². The Balaban J connectivity index is 2.11. The van der Waals surface area contributed by atoms with Crippen LogP contribution in [0.25, 0.3) is 0 Å². The Morgan fingerprint density at radius 1 is 1.42 bits per heavy atom. The minimum absolute atomic E-state index is 0.0995. The summed E-state index contributed by atoms with van der Waals surface area (Å²) in [6, 6.07) is 8.78. The van der Waals surface area contributed by atoms with Crippen LogP contribution < -0.4 is 11.1 Å². The number of benzene rings is 1. The van der Waals surface area contributed by atoms with E-state index in [2.05, 4.69) is 26.2 Å². The molecular weight excluding hydrogens is 306 g/mol. The van der Waals surface area contributed by atoms with Crippen molar-refractivity contribution in [1.82, 2.24) is 10.3 Å². The number of halogens is 1. The van der Waals surface area contributed by atoms with Gasteiger partial charge >= 0.3 is 0 Å². The van der Waals surface area contributed by atoms with Gasteiger partial charge in [0.1, 0.15) is 0 Å². The van der Waals surface area contributed by atoms with E-state index >= 15 is 0 Å². The molecule has 1 aromatic carbocycles. The zero-order valence-corrected chi connectivity index (χ0v) is 12.0. The van der Waals surface area contributed by atoms with Crippen molar-refractivity contribution in [3.63, 3.8) is 0 Å². The van der Waals surface area contributed by atoms with Gasteiger partial charge in [-0.3, -0.25) is 9.78 Å². The fourth-order valence-corrected chi connectivity index (χ4v) is 2.04. The first kappa shape index (κ1) is 13.5. The molecule has 1 atom stereocenters. The van der Waals surface area contributed by atoms with Crippen molar-refractivity contribution in [3.05, 3.63) is 58.3 Å². The number of hydrogen-bond acceptors (Lipinski definition) is 3. The highest BCUT2D eigenvalue weighted by Crippen LogP contribution is 2.21. The summed E-state index contributed by atoms with van der Waals surface area (Å²) in [5.74, 6) is -0.142. The van der Waals surface area contributed by atoms with Gasteiger partial charge in [0.2, 0.25) is 0 Å². The summed E-state index contributed by atoms with van der Waals surface area (Å²) in [4.78, 5) is 16.1. The van der Waals surface area contributed by atoms with E-state index in [0.717, 1.165) is 5.56 Å². The standard InChI is InChI=1S/C14H14BrN3O/c1-9(11-3-2-6-17-8-11)18-14(19)10-4-5-13(16)12(15)7-10/h2-9H,16H2,1H3,(H,18,19). The van der Waals surface area contributed by atoms with Crippen LogP contribution in [-0.4, -0.2) is 10.9 Å². The highest BCUT2D eigenvalue weighted by atomic mass is 79.9. The Hall–Kier alpha value is -1.88. The third-order valence-corrected chi connectivity index (χ3v) is 3.48. The average molecular weight is 320 g/mol. The highest BCUT2D eigenvalue weighted by Gasteiger charge is 2.12. The number of anilines is 1. The van der Waals surface area contributed by atoms with Crippen LogP contribution in [0.15, 0.2) is 47.2 Å². The van der Waals surface area contributed by atoms with E-state index in [-0.39, 0.29) is 11.9 Å². The van der Waals surface area contributed by atoms with E-state index in [4.69, 9.17) is 5.73 Å². The lowest BCUT2D eigenvalue weighted by molar-refractivity contribution is 0.0940. The fraction of sp³-hybridized carbons (Fsp3) is 0.143. The SMILES string of the molecule is CC(NC(=O)c1ccc(N)c(Br)c1)c1cccnc1. The number of carbonyl (C=O) groups excluding carboxylic acids is 1. The van der Waals surface area contributed by atoms with E-state index in [1.807, 2.05) is 19.1 Å². The third kappa shape index (κ3) is 3.32. The molecule has 1 heterocycles. The molecule has 1 aromatic heterocycles. The Kier molecular flexibility index (Phi) is 4.16. The molecule has 0 saturated carbocycles. The van der Waals surface area contributed by atoms with Crippen LogP contribution in [0.3, 0.4) is 0 Å². The van der Waals surface area contributed by atoms with Gasteiger partial charge in [0.25, 0.3) is 5.91 Å². The number of nitrogens with two attached hydrogens (primary N) is 1. The number of amides is 1. The van der Waals surface area contributed by atoms with Gasteiger partial charge in [-0.1, -0.05) is 6.07 Å². The summed E-state index contributed by atoms with van der Waals surface area (Å²) in [7, 11) is 0. The number of carbonyl (C=O) groups is 1. The van der Waals surface area contributed by atoms with Crippen molar-refractivity contribution in [2.45, 2.75) is 13.0 Å². The molecule has 0 aliphatic rings. The van der Waals surface area contributed by atoms with E-state index in [1.165, 1.54) is 0 Å². The molecule has 0 aliphatic carbocycles. The molecule has 0 radical (unpaired) electrons. The van der Waals surface area contributed by atoms with E-state index in [9.17, 15) is 4.79 Å². The zero-order valence-electron chi connectivity index (χ0n) is 10.4. The van der Waals surface area contributed by atoms with Gasteiger partial charge in [0.05, 0.1) is 6.04 Å². The predicted octanol–water partition coefficient (Wildman–Crippen LogP) is 2.92. The van der Waals surface area contributed by atoms with Gasteiger partial charge in [-0.2, -0.15) is 0 Å². The Morgan fingerprint density at radius 3 is 2.84 bits per heavy atom. The van der Waals surface area contributed by atoms with Gasteiger partial charge in [-0.15, -0.1) is 0 Å². The first-order valence-corrected chi connectivity index (χ1v) is 6.63. The van der Waals surface area contributed by atoms with E-state index < -0.39 is 0 Å². The summed E-state index contributed by atoms with van der Waals surface area (Å²) < 4.78 is 0.717. The van der Waals surface area contributed by atoms with Crippen LogP contribution in [0.2, 0.25) is 0 Å². The Morgan fingerprint density at radius 2 is 2.21 bits per heavy atom. The van der Waals surface area contributed by atoms with Crippen LogP contribution in [0, 0.1) is 0 Å². The lowest BCUT2D eigenvalue weighted by Crippen LogP contribution is -2.26. The normalized spacial score (nSPS) is 11.9. The number of nitrogen functional groups attached to an aromatic ring is 1. The molecule has 3 N–H and O–H groups in total. The van der Waals surface area contributed by atoms with Gasteiger partial charge in [0.15, 0.2) is 0 Å². The van der Waals surface area contributed by atoms with Crippen molar-refractivity contribution in [3.8, 4) is 0 Å². The van der Waals surface area contributed by atoms with Crippen molar-refractivity contribution in [2.24, 2.45) is 0 Å². The first-order chi connectivity index (χ1) is 9.08. The monoisotopic (exact) mass is 319 g/mol. The van der Waals surface area contributed by atoms with Crippen molar-refractivity contribution in [2.75, 3.05) is 5.73 Å². The van der Waals surface area contributed by atoms with Gasteiger partial charge in [0, 0.05) is 28.1 Å². The number of pyridine rings is 1. The van der Waals surface area contributed by atoms with Crippen molar-refractivity contribution >= 4 is 27.5 Å². The topological polar surface area (TPSA) is 68.0 Å². The molecule has 1 unspecified atom stereocenters. The number of nitrogens with one attached hydrogen (secondary N) is 1. The van der Waals surface area contributed by atoms with Crippen LogP contribution in [0.4, 0.5) is 5.69 Å². The summed E-state index contributed by atoms with van der Waals surface area (Å²) in [6.07, 6.45) is 3.44. The molecule has 4 nitrogen and oxygen atoms in total. The second-order valence-electron chi connectivity index (χ2n) is 4.22. The van der Waals surface area contributed by atoms with Crippen molar-refractivity contribution < 1.29 is 4.79 Å². The molecule has 1 amide bonds. The van der Waals surface area contributed by atoms with Crippen LogP contribution in [-0.2, 0) is 0 Å². The molecule has 0 saturated heterocycles. The molecule has 0 spiro atoms. The maximum atomic E-state index is 12.1. The maximum Gasteiger partial charge on any atom is 0.251 e. The van der Waals surface area contributed by atoms with E-state index in [0.29, 0.717) is 15.7 Å². The van der Waals surface area contributed by atoms with Crippen LogP contribution in [0.5, 0.6) is 0 Å². The van der Waals surface area contributed by atoms with Crippen LogP contribution in [0.1, 0.15) is 28.9 Å². The second-order valence-corrected chi connectivity index (χ2v) is 5.07. The molecule has 2 rings (SSSR count). The summed E-state index contributed by atoms with van der Waals surface area (Å²) in [5, 5.41) is 2.92. The molecule has 5 heteroatoms. The smallest absolute Gasteiger partial charge is 0.251 e. The third-order valence-electron chi connectivity index (χ3n) is 2.79. The first-order valence-electron chi connectivity index (χ1n) is 5.83. The largest absolute Gasteiger partial charge is 0.398 e. The number of nitrogens with zero attached hydrogens (tertiary/aromatic N) is 1. The minimum Gasteiger partial charge on any atom is -0.398 e. The molecule has 0 fully saturated rings. The zero-order chi connectivity index (χ0) is 13.8. The van der Waals surface area contributed by atoms with Crippen molar-refractivity contribution in [1.29, 1.82) is 0 Å². The quantitative estimate of drug-likeness (QED) is 0.855. The summed E-state index contributed by atoms with van der Waals surface area (Å²) in [5.41, 5.74) is 7.83. The lowest BCUT2D eigenvalue weighted by atomic mass is 10.1. The molecular formula is C14H14BrN3O. The summed E-state index contributed by atoms with van der Waals surface area (Å²) in [6.45, 7) is 1.92. The summed E-state index contributed by atoms with van der Waals surface area (Å²) >= 11 is 3.31.